The molecule has 0 aliphatic carbocycles. The molecular weight excluding hydrogens is 184 g/mol. The Hall–Kier alpha value is -1.78. The molecule has 74 valence electrons. The van der Waals surface area contributed by atoms with Gasteiger partial charge in [-0.3, -0.25) is 4.79 Å². The molecule has 0 aliphatic rings. The highest BCUT2D eigenvalue weighted by atomic mass is 16.4. The van der Waals surface area contributed by atoms with Crippen LogP contribution in [-0.2, 0) is 16.0 Å². The number of aldehydes is 1. The van der Waals surface area contributed by atoms with Crippen LogP contribution < -0.4 is 0 Å². The molecule has 0 fully saturated rings. The molecule has 5 nitrogen and oxygen atoms in total. The van der Waals surface area contributed by atoms with Crippen LogP contribution in [0.25, 0.3) is 0 Å². The Morgan fingerprint density at radius 2 is 2.14 bits per heavy atom. The van der Waals surface area contributed by atoms with Gasteiger partial charge in [-0.25, -0.2) is 9.97 Å². The van der Waals surface area contributed by atoms with E-state index in [0.29, 0.717) is 12.1 Å². The second-order valence-corrected chi connectivity index (χ2v) is 2.86. The van der Waals surface area contributed by atoms with Crippen molar-refractivity contribution in [2.24, 2.45) is 5.92 Å². The second-order valence-electron chi connectivity index (χ2n) is 2.86. The van der Waals surface area contributed by atoms with Gasteiger partial charge >= 0.3 is 5.97 Å². The summed E-state index contributed by atoms with van der Waals surface area (Å²) in [6.45, 7) is 0. The van der Waals surface area contributed by atoms with Crippen LogP contribution in [0.3, 0.4) is 0 Å². The van der Waals surface area contributed by atoms with Crippen molar-refractivity contribution in [2.75, 3.05) is 0 Å². The van der Waals surface area contributed by atoms with E-state index in [4.69, 9.17) is 5.11 Å². The molecule has 1 heterocycles. The lowest BCUT2D eigenvalue weighted by Gasteiger charge is -2.04. The highest BCUT2D eigenvalue weighted by Gasteiger charge is 2.13. The molecule has 1 rings (SSSR count). The van der Waals surface area contributed by atoms with Crippen LogP contribution in [0.1, 0.15) is 12.2 Å². The van der Waals surface area contributed by atoms with Gasteiger partial charge in [0.25, 0.3) is 0 Å². The van der Waals surface area contributed by atoms with E-state index < -0.39 is 11.9 Å². The number of nitrogens with zero attached hydrogens (tertiary/aromatic N) is 2. The van der Waals surface area contributed by atoms with Crippen LogP contribution in [-0.4, -0.2) is 27.3 Å². The van der Waals surface area contributed by atoms with E-state index in [9.17, 15) is 9.59 Å². The molecule has 0 spiro atoms. The molecule has 5 heteroatoms. The molecule has 1 unspecified atom stereocenters. The summed E-state index contributed by atoms with van der Waals surface area (Å²) in [7, 11) is 0. The highest BCUT2D eigenvalue weighted by Crippen LogP contribution is 2.05. The molecule has 1 atom stereocenters. The van der Waals surface area contributed by atoms with Gasteiger partial charge < -0.3 is 9.90 Å². The topological polar surface area (TPSA) is 80.2 Å². The van der Waals surface area contributed by atoms with E-state index in [1.165, 1.54) is 0 Å². The lowest BCUT2D eigenvalue weighted by molar-refractivity contribution is -0.139. The van der Waals surface area contributed by atoms with Gasteiger partial charge in [0.05, 0.1) is 6.42 Å². The average Bonchev–Trinajstić information content (AvgIpc) is 2.17. The Morgan fingerprint density at radius 3 is 2.64 bits per heavy atom. The first kappa shape index (κ1) is 10.3. The maximum absolute atomic E-state index is 10.5. The van der Waals surface area contributed by atoms with E-state index in [2.05, 4.69) is 9.97 Å². The standard InChI is InChI=1S/C9H10N2O3/c12-6-7(5-9(13)14)4-8-10-2-1-3-11-8/h1-3,6-7H,4-5H2,(H,13,14). The number of carbonyl (C=O) groups is 2. The smallest absolute Gasteiger partial charge is 0.304 e. The number of hydrogen-bond donors (Lipinski definition) is 1. The maximum atomic E-state index is 10.5. The van der Waals surface area contributed by atoms with Crippen LogP contribution in [0.4, 0.5) is 0 Å². The predicted octanol–water partition coefficient (Wildman–Crippen LogP) is 0.309. The maximum Gasteiger partial charge on any atom is 0.304 e. The molecule has 0 saturated heterocycles. The summed E-state index contributed by atoms with van der Waals surface area (Å²) in [5.74, 6) is -1.04. The zero-order valence-electron chi connectivity index (χ0n) is 7.46. The minimum atomic E-state index is -0.988. The summed E-state index contributed by atoms with van der Waals surface area (Å²) in [4.78, 5) is 28.7. The Kier molecular flexibility index (Phi) is 3.72. The van der Waals surface area contributed by atoms with Crippen molar-refractivity contribution < 1.29 is 14.7 Å². The van der Waals surface area contributed by atoms with Crippen LogP contribution >= 0.6 is 0 Å². The summed E-state index contributed by atoms with van der Waals surface area (Å²) in [6.07, 6.45) is 3.85. The van der Waals surface area contributed by atoms with Crippen molar-refractivity contribution in [3.05, 3.63) is 24.3 Å². The van der Waals surface area contributed by atoms with Gasteiger partial charge in [0, 0.05) is 24.7 Å². The monoisotopic (exact) mass is 194 g/mol. The van der Waals surface area contributed by atoms with Gasteiger partial charge in [0.1, 0.15) is 12.1 Å². The molecule has 0 aromatic carbocycles. The Labute approximate surface area is 80.8 Å². The van der Waals surface area contributed by atoms with Crippen LogP contribution in [0.2, 0.25) is 0 Å². The largest absolute Gasteiger partial charge is 0.481 e. The van der Waals surface area contributed by atoms with Gasteiger partial charge in [-0.15, -0.1) is 0 Å². The number of carboxylic acid groups (broad SMARTS) is 1. The van der Waals surface area contributed by atoms with E-state index in [1.54, 1.807) is 18.5 Å². The first-order chi connectivity index (χ1) is 6.72. The Morgan fingerprint density at radius 1 is 1.50 bits per heavy atom. The summed E-state index contributed by atoms with van der Waals surface area (Å²) in [5, 5.41) is 8.49. The van der Waals surface area contributed by atoms with Crippen molar-refractivity contribution >= 4 is 12.3 Å². The lowest BCUT2D eigenvalue weighted by atomic mass is 10.0. The third-order valence-electron chi connectivity index (χ3n) is 1.69. The van der Waals surface area contributed by atoms with Gasteiger partial charge in [-0.05, 0) is 6.07 Å². The van der Waals surface area contributed by atoms with Gasteiger partial charge in [0.2, 0.25) is 0 Å². The number of carboxylic acids is 1. The fourth-order valence-electron chi connectivity index (χ4n) is 1.06. The van der Waals surface area contributed by atoms with Crippen molar-refractivity contribution in [2.45, 2.75) is 12.8 Å². The number of aliphatic carboxylic acids is 1. The van der Waals surface area contributed by atoms with E-state index in [0.717, 1.165) is 0 Å². The first-order valence-corrected chi connectivity index (χ1v) is 4.15. The molecular formula is C9H10N2O3. The molecule has 1 aromatic rings. The Bertz CT molecular complexity index is 313. The molecule has 0 amide bonds. The average molecular weight is 194 g/mol. The normalized spacial score (nSPS) is 12.0. The summed E-state index contributed by atoms with van der Waals surface area (Å²) < 4.78 is 0. The predicted molar refractivity (Wildman–Crippen MR) is 47.5 cm³/mol. The van der Waals surface area contributed by atoms with E-state index in [-0.39, 0.29) is 12.8 Å². The second kappa shape index (κ2) is 5.06. The number of rotatable bonds is 5. The third kappa shape index (κ3) is 3.30. The van der Waals surface area contributed by atoms with Crippen LogP contribution in [0, 0.1) is 5.92 Å². The van der Waals surface area contributed by atoms with Gasteiger partial charge in [0.15, 0.2) is 0 Å². The van der Waals surface area contributed by atoms with Gasteiger partial charge in [-0.1, -0.05) is 0 Å². The number of hydrogen-bond acceptors (Lipinski definition) is 4. The summed E-state index contributed by atoms with van der Waals surface area (Å²) in [6, 6.07) is 1.66. The van der Waals surface area contributed by atoms with Crippen LogP contribution in [0.5, 0.6) is 0 Å². The SMILES string of the molecule is O=CC(CC(=O)O)Cc1ncccn1. The summed E-state index contributed by atoms with van der Waals surface area (Å²) in [5.41, 5.74) is 0. The van der Waals surface area contributed by atoms with E-state index >= 15 is 0 Å². The van der Waals surface area contributed by atoms with E-state index in [1.807, 2.05) is 0 Å². The van der Waals surface area contributed by atoms with Crippen LogP contribution in [0.15, 0.2) is 18.5 Å². The molecule has 0 bridgehead atoms. The van der Waals surface area contributed by atoms with Crippen molar-refractivity contribution in [3.63, 3.8) is 0 Å². The minimum absolute atomic E-state index is 0.179. The molecule has 1 aromatic heterocycles. The molecule has 0 aliphatic heterocycles. The summed E-state index contributed by atoms with van der Waals surface area (Å²) >= 11 is 0. The van der Waals surface area contributed by atoms with Crippen molar-refractivity contribution in [1.29, 1.82) is 0 Å². The quantitative estimate of drug-likeness (QED) is 0.682. The fraction of sp³-hybridized carbons (Fsp3) is 0.333. The van der Waals surface area contributed by atoms with Crippen molar-refractivity contribution in [1.82, 2.24) is 9.97 Å². The zero-order chi connectivity index (χ0) is 10.4. The molecule has 0 saturated carbocycles. The minimum Gasteiger partial charge on any atom is -0.481 e. The third-order valence-corrected chi connectivity index (χ3v) is 1.69. The Balaban J connectivity index is 2.57. The zero-order valence-corrected chi connectivity index (χ0v) is 7.46. The van der Waals surface area contributed by atoms with Gasteiger partial charge in [-0.2, -0.15) is 0 Å². The molecule has 1 N–H and O–H groups in total. The fourth-order valence-corrected chi connectivity index (χ4v) is 1.06. The molecule has 14 heavy (non-hydrogen) atoms. The lowest BCUT2D eigenvalue weighted by Crippen LogP contribution is -2.13. The number of aromatic nitrogens is 2. The first-order valence-electron chi connectivity index (χ1n) is 4.15. The molecule has 0 radical (unpaired) electrons. The highest BCUT2D eigenvalue weighted by molar-refractivity contribution is 5.71. The number of carbonyl (C=O) groups excluding carboxylic acids is 1. The van der Waals surface area contributed by atoms with Crippen molar-refractivity contribution in [3.8, 4) is 0 Å².